The van der Waals surface area contributed by atoms with E-state index in [4.69, 9.17) is 23.2 Å². The number of fused-ring (bicyclic) bond motifs is 1. The number of amides is 4. The van der Waals surface area contributed by atoms with E-state index >= 15 is 0 Å². The second-order valence-electron chi connectivity index (χ2n) is 7.41. The highest BCUT2D eigenvalue weighted by molar-refractivity contribution is 6.36. The fraction of sp³-hybridized carbons (Fsp3) is 0.286. The zero-order valence-electron chi connectivity index (χ0n) is 15.9. The van der Waals surface area contributed by atoms with Crippen molar-refractivity contribution in [2.45, 2.75) is 31.0 Å². The summed E-state index contributed by atoms with van der Waals surface area (Å²) >= 11 is 11.9. The van der Waals surface area contributed by atoms with E-state index in [0.717, 1.165) is 5.56 Å². The molecular weight excluding hydrogens is 427 g/mol. The van der Waals surface area contributed by atoms with Gasteiger partial charge in [-0.3, -0.25) is 9.59 Å². The molecule has 2 saturated heterocycles. The third-order valence-electron chi connectivity index (χ3n) is 5.30. The molecule has 2 heterocycles. The van der Waals surface area contributed by atoms with Crippen LogP contribution >= 0.6 is 23.2 Å². The first kappa shape index (κ1) is 20.5. The Hall–Kier alpha value is -2.77. The first-order chi connectivity index (χ1) is 14.4. The van der Waals surface area contributed by atoms with E-state index in [-0.39, 0.29) is 24.4 Å². The molecule has 4 rings (SSSR count). The molecule has 0 unspecified atom stereocenters. The van der Waals surface area contributed by atoms with Crippen LogP contribution in [0.2, 0.25) is 10.0 Å². The highest BCUT2D eigenvalue weighted by atomic mass is 35.5. The minimum absolute atomic E-state index is 0.131. The van der Waals surface area contributed by atoms with Gasteiger partial charge in [-0.2, -0.15) is 0 Å². The average Bonchev–Trinajstić information content (AvgIpc) is 3.13. The maximum Gasteiger partial charge on any atom is 0.319 e. The number of rotatable bonds is 4. The Bertz CT molecular complexity index is 985. The Labute approximate surface area is 183 Å². The first-order valence-electron chi connectivity index (χ1n) is 9.58. The van der Waals surface area contributed by atoms with Gasteiger partial charge in [0.2, 0.25) is 11.8 Å². The maximum absolute atomic E-state index is 12.9. The van der Waals surface area contributed by atoms with Gasteiger partial charge in [-0.1, -0.05) is 53.5 Å². The maximum atomic E-state index is 12.9. The Balaban J connectivity index is 1.38. The SMILES string of the molecule is O=C(Nc1ccc(Cl)cc1Cl)N[C@H]1C[C@H]2C(=O)N[C@H](Cc3ccccc3)C(=O)N2C1. The fourth-order valence-electron chi connectivity index (χ4n) is 3.89. The third kappa shape index (κ3) is 4.37. The van der Waals surface area contributed by atoms with Gasteiger partial charge in [0, 0.05) is 18.0 Å². The summed E-state index contributed by atoms with van der Waals surface area (Å²) in [7, 11) is 0. The molecular formula is C21H20Cl2N4O3. The van der Waals surface area contributed by atoms with Crippen LogP contribution in [-0.4, -0.2) is 47.4 Å². The monoisotopic (exact) mass is 446 g/mol. The fourth-order valence-corrected chi connectivity index (χ4v) is 4.34. The van der Waals surface area contributed by atoms with Crippen LogP contribution in [0.15, 0.2) is 48.5 Å². The second kappa shape index (κ2) is 8.53. The van der Waals surface area contributed by atoms with Crippen LogP contribution in [0.5, 0.6) is 0 Å². The van der Waals surface area contributed by atoms with E-state index in [1.165, 1.54) is 6.07 Å². The summed E-state index contributed by atoms with van der Waals surface area (Å²) in [6.45, 7) is 0.282. The zero-order valence-corrected chi connectivity index (χ0v) is 17.4. The number of benzene rings is 2. The van der Waals surface area contributed by atoms with Crippen LogP contribution in [0.25, 0.3) is 0 Å². The minimum atomic E-state index is -0.600. The molecule has 2 aromatic carbocycles. The summed E-state index contributed by atoms with van der Waals surface area (Å²) in [6, 6.07) is 12.3. The lowest BCUT2D eigenvalue weighted by Gasteiger charge is -2.34. The number of halogens is 2. The molecule has 2 aliphatic heterocycles. The largest absolute Gasteiger partial charge is 0.342 e. The highest BCUT2D eigenvalue weighted by Gasteiger charge is 2.46. The molecule has 2 aliphatic rings. The number of carbonyl (C=O) groups excluding carboxylic acids is 3. The van der Waals surface area contributed by atoms with Crippen LogP contribution in [0.4, 0.5) is 10.5 Å². The molecule has 2 fully saturated rings. The number of piperazine rings is 1. The molecule has 3 atom stereocenters. The Morgan fingerprint density at radius 1 is 1.13 bits per heavy atom. The lowest BCUT2D eigenvalue weighted by molar-refractivity contribution is -0.147. The standard InChI is InChI=1S/C21H20Cl2N4O3/c22-13-6-7-16(15(23)9-13)26-21(30)24-14-10-18-19(28)25-17(20(29)27(18)11-14)8-12-4-2-1-3-5-12/h1-7,9,14,17-18H,8,10-11H2,(H,25,28)(H2,24,26,30)/t14-,17+,18-/m0/s1. The number of anilines is 1. The zero-order chi connectivity index (χ0) is 21.3. The van der Waals surface area contributed by atoms with Crippen LogP contribution < -0.4 is 16.0 Å². The summed E-state index contributed by atoms with van der Waals surface area (Å²) in [4.78, 5) is 39.4. The van der Waals surface area contributed by atoms with E-state index < -0.39 is 18.1 Å². The van der Waals surface area contributed by atoms with E-state index in [2.05, 4.69) is 16.0 Å². The number of nitrogens with one attached hydrogen (secondary N) is 3. The van der Waals surface area contributed by atoms with Crippen molar-refractivity contribution >= 4 is 46.7 Å². The number of carbonyl (C=O) groups is 3. The van der Waals surface area contributed by atoms with Crippen molar-refractivity contribution in [2.24, 2.45) is 0 Å². The van der Waals surface area contributed by atoms with E-state index in [9.17, 15) is 14.4 Å². The lowest BCUT2D eigenvalue weighted by Crippen LogP contribution is -2.61. The van der Waals surface area contributed by atoms with Crippen molar-refractivity contribution in [1.82, 2.24) is 15.5 Å². The topological polar surface area (TPSA) is 90.5 Å². The van der Waals surface area contributed by atoms with Crippen LogP contribution in [0.3, 0.4) is 0 Å². The predicted molar refractivity (Wildman–Crippen MR) is 115 cm³/mol. The number of hydrogen-bond acceptors (Lipinski definition) is 3. The van der Waals surface area contributed by atoms with Gasteiger partial charge in [-0.15, -0.1) is 0 Å². The number of hydrogen-bond donors (Lipinski definition) is 3. The Morgan fingerprint density at radius 2 is 1.90 bits per heavy atom. The Morgan fingerprint density at radius 3 is 2.63 bits per heavy atom. The van der Waals surface area contributed by atoms with Gasteiger partial charge in [0.25, 0.3) is 0 Å². The van der Waals surface area contributed by atoms with E-state index in [0.29, 0.717) is 28.6 Å². The Kier molecular flexibility index (Phi) is 5.83. The first-order valence-corrected chi connectivity index (χ1v) is 10.3. The van der Waals surface area contributed by atoms with E-state index in [1.54, 1.807) is 17.0 Å². The lowest BCUT2D eigenvalue weighted by atomic mass is 10.0. The summed E-state index contributed by atoms with van der Waals surface area (Å²) in [6.07, 6.45) is 0.791. The molecule has 0 saturated carbocycles. The quantitative estimate of drug-likeness (QED) is 0.674. The number of urea groups is 1. The average molecular weight is 447 g/mol. The normalized spacial score (nSPS) is 23.0. The van der Waals surface area contributed by atoms with Gasteiger partial charge in [-0.25, -0.2) is 4.79 Å². The molecule has 4 amide bonds. The number of nitrogens with zero attached hydrogens (tertiary/aromatic N) is 1. The minimum Gasteiger partial charge on any atom is -0.342 e. The smallest absolute Gasteiger partial charge is 0.319 e. The summed E-state index contributed by atoms with van der Waals surface area (Å²) < 4.78 is 0. The molecule has 9 heteroatoms. The van der Waals surface area contributed by atoms with Gasteiger partial charge in [-0.05, 0) is 30.2 Å². The summed E-state index contributed by atoms with van der Waals surface area (Å²) in [5, 5.41) is 9.09. The summed E-state index contributed by atoms with van der Waals surface area (Å²) in [5.41, 5.74) is 1.40. The van der Waals surface area contributed by atoms with Crippen molar-refractivity contribution in [3.8, 4) is 0 Å². The molecule has 30 heavy (non-hydrogen) atoms. The molecule has 0 aromatic heterocycles. The highest BCUT2D eigenvalue weighted by Crippen LogP contribution is 2.26. The van der Waals surface area contributed by atoms with Crippen LogP contribution in [0.1, 0.15) is 12.0 Å². The molecule has 0 spiro atoms. The van der Waals surface area contributed by atoms with Crippen molar-refractivity contribution in [2.75, 3.05) is 11.9 Å². The van der Waals surface area contributed by atoms with Crippen molar-refractivity contribution < 1.29 is 14.4 Å². The third-order valence-corrected chi connectivity index (χ3v) is 5.85. The van der Waals surface area contributed by atoms with E-state index in [1.807, 2.05) is 30.3 Å². The van der Waals surface area contributed by atoms with Crippen molar-refractivity contribution in [3.63, 3.8) is 0 Å². The molecule has 0 bridgehead atoms. The van der Waals surface area contributed by atoms with Gasteiger partial charge in [0.1, 0.15) is 12.1 Å². The second-order valence-corrected chi connectivity index (χ2v) is 8.26. The van der Waals surface area contributed by atoms with Gasteiger partial charge in [0.05, 0.1) is 16.8 Å². The van der Waals surface area contributed by atoms with Crippen LogP contribution in [0, 0.1) is 0 Å². The summed E-state index contributed by atoms with van der Waals surface area (Å²) in [5.74, 6) is -0.324. The van der Waals surface area contributed by atoms with Gasteiger partial charge in [0.15, 0.2) is 0 Å². The molecule has 7 nitrogen and oxygen atoms in total. The molecule has 0 aliphatic carbocycles. The molecule has 156 valence electrons. The van der Waals surface area contributed by atoms with Crippen molar-refractivity contribution in [3.05, 3.63) is 64.1 Å². The predicted octanol–water partition coefficient (Wildman–Crippen LogP) is 2.83. The van der Waals surface area contributed by atoms with Gasteiger partial charge >= 0.3 is 6.03 Å². The molecule has 3 N–H and O–H groups in total. The van der Waals surface area contributed by atoms with Gasteiger partial charge < -0.3 is 20.9 Å². The van der Waals surface area contributed by atoms with Crippen LogP contribution in [-0.2, 0) is 16.0 Å². The van der Waals surface area contributed by atoms with Crippen molar-refractivity contribution in [1.29, 1.82) is 0 Å². The molecule has 2 aromatic rings. The molecule has 0 radical (unpaired) electrons.